The minimum absolute atomic E-state index is 0.178. The predicted molar refractivity (Wildman–Crippen MR) is 86.7 cm³/mol. The number of carbonyl (C=O) groups excluding carboxylic acids is 1. The largest absolute Gasteiger partial charge is 0.343 e. The molecule has 2 aromatic heterocycles. The molecule has 2 heterocycles. The molecular weight excluding hydrogens is 340 g/mol. The zero-order valence-corrected chi connectivity index (χ0v) is 14.0. The van der Waals surface area contributed by atoms with Crippen LogP contribution in [0.4, 0.5) is 0 Å². The van der Waals surface area contributed by atoms with Crippen molar-refractivity contribution in [3.8, 4) is 0 Å². The Labute approximate surface area is 132 Å². The van der Waals surface area contributed by atoms with E-state index in [0.717, 1.165) is 33.9 Å². The summed E-state index contributed by atoms with van der Waals surface area (Å²) in [7, 11) is 0. The lowest BCUT2D eigenvalue weighted by Crippen LogP contribution is -2.00. The topological polar surface area (TPSA) is 34.9 Å². The third-order valence-corrected chi connectivity index (χ3v) is 4.03. The van der Waals surface area contributed by atoms with Gasteiger partial charge < -0.3 is 4.57 Å². The second kappa shape index (κ2) is 6.72. The summed E-state index contributed by atoms with van der Waals surface area (Å²) in [5.41, 5.74) is 1.79. The van der Waals surface area contributed by atoms with Gasteiger partial charge in [-0.3, -0.25) is 4.79 Å². The quantitative estimate of drug-likeness (QED) is 0.316. The van der Waals surface area contributed by atoms with E-state index in [2.05, 4.69) is 39.3 Å². The molecule has 0 amide bonds. The summed E-state index contributed by atoms with van der Waals surface area (Å²) in [6.45, 7) is 4.20. The number of nitrogens with zero attached hydrogens (tertiary/aromatic N) is 2. The van der Waals surface area contributed by atoms with E-state index in [-0.39, 0.29) is 5.78 Å². The van der Waals surface area contributed by atoms with Gasteiger partial charge in [0.15, 0.2) is 5.78 Å². The number of aromatic nitrogens is 2. The van der Waals surface area contributed by atoms with E-state index < -0.39 is 0 Å². The number of carbonyl (C=O) groups is 1. The van der Waals surface area contributed by atoms with E-state index in [0.29, 0.717) is 18.3 Å². The van der Waals surface area contributed by atoms with E-state index in [1.54, 1.807) is 0 Å². The van der Waals surface area contributed by atoms with Crippen molar-refractivity contribution in [3.05, 3.63) is 28.6 Å². The van der Waals surface area contributed by atoms with Crippen LogP contribution >= 0.6 is 27.5 Å². The number of hydrogen-bond donors (Lipinski definition) is 0. The molecule has 0 spiro atoms. The number of pyridine rings is 1. The van der Waals surface area contributed by atoms with Gasteiger partial charge >= 0.3 is 0 Å². The third kappa shape index (κ3) is 3.23. The second-order valence-corrected chi connectivity index (χ2v) is 6.33. The van der Waals surface area contributed by atoms with E-state index in [4.69, 9.17) is 11.6 Å². The van der Waals surface area contributed by atoms with Crippen molar-refractivity contribution in [2.75, 3.05) is 5.88 Å². The van der Waals surface area contributed by atoms with E-state index in [1.807, 2.05) is 18.5 Å². The smallest absolute Gasteiger partial charge is 0.165 e. The van der Waals surface area contributed by atoms with Crippen LogP contribution in [0.15, 0.2) is 23.1 Å². The van der Waals surface area contributed by atoms with Gasteiger partial charge in [0, 0.05) is 35.5 Å². The maximum absolute atomic E-state index is 12.4. The van der Waals surface area contributed by atoms with Crippen molar-refractivity contribution in [1.29, 1.82) is 0 Å². The van der Waals surface area contributed by atoms with Gasteiger partial charge in [-0.05, 0) is 48.7 Å². The van der Waals surface area contributed by atoms with E-state index in [1.165, 1.54) is 0 Å². The van der Waals surface area contributed by atoms with Gasteiger partial charge in [-0.15, -0.1) is 11.6 Å². The van der Waals surface area contributed by atoms with Gasteiger partial charge in [-0.1, -0.05) is 0 Å². The Hall–Kier alpha value is -0.870. The van der Waals surface area contributed by atoms with Gasteiger partial charge in [0.2, 0.25) is 0 Å². The second-order valence-electron chi connectivity index (χ2n) is 5.14. The first-order chi connectivity index (χ1) is 9.54. The molecule has 3 nitrogen and oxygen atoms in total. The molecule has 20 heavy (non-hydrogen) atoms. The molecule has 0 saturated carbocycles. The fraction of sp³-hybridized carbons (Fsp3) is 0.467. The first-order valence-corrected chi connectivity index (χ1v) is 8.12. The van der Waals surface area contributed by atoms with Crippen molar-refractivity contribution in [1.82, 2.24) is 9.55 Å². The minimum Gasteiger partial charge on any atom is -0.343 e. The lowest BCUT2D eigenvalue weighted by atomic mass is 10.1. The minimum atomic E-state index is 0.178. The Kier molecular flexibility index (Phi) is 5.22. The molecule has 0 unspecified atom stereocenters. The molecule has 2 rings (SSSR count). The maximum atomic E-state index is 12.4. The van der Waals surface area contributed by atoms with Crippen LogP contribution in [0.1, 0.15) is 49.5 Å². The van der Waals surface area contributed by atoms with Crippen LogP contribution in [0, 0.1) is 0 Å². The third-order valence-electron chi connectivity index (χ3n) is 3.33. The SMILES string of the molecule is CC(C)n1cc(C(=O)CCCCCl)c2cc(Br)ncc21. The van der Waals surface area contributed by atoms with Crippen LogP contribution < -0.4 is 0 Å². The first kappa shape index (κ1) is 15.5. The maximum Gasteiger partial charge on any atom is 0.165 e. The molecule has 0 bridgehead atoms. The van der Waals surface area contributed by atoms with E-state index in [9.17, 15) is 4.79 Å². The normalized spacial score (nSPS) is 11.4. The standard InChI is InChI=1S/C15H18BrClN2O/c1-10(2)19-9-12(14(20)5-3-4-6-17)11-7-15(16)18-8-13(11)19/h7-10H,3-6H2,1-2H3. The lowest BCUT2D eigenvalue weighted by Gasteiger charge is -2.08. The van der Waals surface area contributed by atoms with Crippen molar-refractivity contribution < 1.29 is 4.79 Å². The Morgan fingerprint density at radius 1 is 1.45 bits per heavy atom. The Morgan fingerprint density at radius 3 is 2.85 bits per heavy atom. The van der Waals surface area contributed by atoms with Gasteiger partial charge in [0.05, 0.1) is 11.7 Å². The molecule has 0 radical (unpaired) electrons. The monoisotopic (exact) mass is 356 g/mol. The van der Waals surface area contributed by atoms with Gasteiger partial charge in [-0.2, -0.15) is 0 Å². The lowest BCUT2D eigenvalue weighted by molar-refractivity contribution is 0.0981. The van der Waals surface area contributed by atoms with Crippen LogP contribution in [0.25, 0.3) is 10.9 Å². The average Bonchev–Trinajstić information content (AvgIpc) is 2.77. The summed E-state index contributed by atoms with van der Waals surface area (Å²) in [6.07, 6.45) is 6.02. The molecule has 0 aliphatic rings. The van der Waals surface area contributed by atoms with E-state index >= 15 is 0 Å². The number of rotatable bonds is 6. The van der Waals surface area contributed by atoms with Crippen molar-refractivity contribution in [3.63, 3.8) is 0 Å². The number of halogens is 2. The van der Waals surface area contributed by atoms with Gasteiger partial charge in [0.25, 0.3) is 0 Å². The molecule has 0 aromatic carbocycles. The molecule has 108 valence electrons. The summed E-state index contributed by atoms with van der Waals surface area (Å²) in [5.74, 6) is 0.786. The Bertz CT molecular complexity index is 622. The van der Waals surface area contributed by atoms with Crippen LogP contribution in [0.3, 0.4) is 0 Å². The average molecular weight is 358 g/mol. The Morgan fingerprint density at radius 2 is 2.20 bits per heavy atom. The first-order valence-electron chi connectivity index (χ1n) is 6.80. The highest BCUT2D eigenvalue weighted by molar-refractivity contribution is 9.10. The molecule has 2 aromatic rings. The zero-order valence-electron chi connectivity index (χ0n) is 11.7. The highest BCUT2D eigenvalue weighted by atomic mass is 79.9. The number of unbranched alkanes of at least 4 members (excludes halogenated alkanes) is 1. The molecule has 0 fully saturated rings. The van der Waals surface area contributed by atoms with Crippen molar-refractivity contribution in [2.45, 2.75) is 39.2 Å². The zero-order chi connectivity index (χ0) is 14.7. The van der Waals surface area contributed by atoms with Crippen LogP contribution in [-0.2, 0) is 0 Å². The number of fused-ring (bicyclic) bond motifs is 1. The molecule has 0 aliphatic carbocycles. The summed E-state index contributed by atoms with van der Waals surface area (Å²) in [6, 6.07) is 2.22. The highest BCUT2D eigenvalue weighted by Gasteiger charge is 2.16. The molecule has 0 saturated heterocycles. The fourth-order valence-corrected chi connectivity index (χ4v) is 2.81. The summed E-state index contributed by atoms with van der Waals surface area (Å²) >= 11 is 9.04. The van der Waals surface area contributed by atoms with Gasteiger partial charge in [0.1, 0.15) is 4.60 Å². The number of alkyl halides is 1. The van der Waals surface area contributed by atoms with Gasteiger partial charge in [-0.25, -0.2) is 4.98 Å². The van der Waals surface area contributed by atoms with Crippen LogP contribution in [-0.4, -0.2) is 21.2 Å². The molecule has 0 aliphatic heterocycles. The molecular formula is C15H18BrClN2O. The fourth-order valence-electron chi connectivity index (χ4n) is 2.29. The number of hydrogen-bond acceptors (Lipinski definition) is 2. The predicted octanol–water partition coefficient (Wildman–Crippen LogP) is 4.97. The van der Waals surface area contributed by atoms with Crippen LogP contribution in [0.2, 0.25) is 0 Å². The summed E-state index contributed by atoms with van der Waals surface area (Å²) < 4.78 is 2.85. The molecule has 5 heteroatoms. The highest BCUT2D eigenvalue weighted by Crippen LogP contribution is 2.27. The molecule has 0 N–H and O–H groups in total. The van der Waals surface area contributed by atoms with Crippen molar-refractivity contribution >= 4 is 44.2 Å². The summed E-state index contributed by atoms with van der Waals surface area (Å²) in [5, 5.41) is 0.969. The summed E-state index contributed by atoms with van der Waals surface area (Å²) in [4.78, 5) is 16.7. The van der Waals surface area contributed by atoms with Crippen LogP contribution in [0.5, 0.6) is 0 Å². The number of ketones is 1. The number of Topliss-reactive ketones (excluding diaryl/α,β-unsaturated/α-hetero) is 1. The van der Waals surface area contributed by atoms with Crippen molar-refractivity contribution in [2.24, 2.45) is 0 Å². The molecule has 0 atom stereocenters. The Balaban J connectivity index is 2.41.